The molecule has 1 aliphatic rings. The second-order valence-electron chi connectivity index (χ2n) is 8.25. The van der Waals surface area contributed by atoms with E-state index in [2.05, 4.69) is 4.90 Å². The van der Waals surface area contributed by atoms with Crippen LogP contribution in [0.2, 0.25) is 0 Å². The van der Waals surface area contributed by atoms with Crippen molar-refractivity contribution in [3.05, 3.63) is 42.0 Å². The predicted molar refractivity (Wildman–Crippen MR) is 134 cm³/mol. The molecule has 0 unspecified atom stereocenters. The van der Waals surface area contributed by atoms with Crippen LogP contribution in [0, 0.1) is 0 Å². The number of benzene rings is 2. The first-order chi connectivity index (χ1) is 16.5. The molecule has 0 bridgehead atoms. The Bertz CT molecular complexity index is 1070. The molecule has 1 aromatic heterocycles. The van der Waals surface area contributed by atoms with Crippen molar-refractivity contribution in [3.63, 3.8) is 0 Å². The van der Waals surface area contributed by atoms with Gasteiger partial charge in [-0.05, 0) is 50.2 Å². The molecular weight excluding hydrogens is 454 g/mol. The second kappa shape index (κ2) is 11.0. The third-order valence-electron chi connectivity index (χ3n) is 5.59. The van der Waals surface area contributed by atoms with Crippen LogP contribution in [0.4, 0.5) is 5.13 Å². The van der Waals surface area contributed by atoms with Crippen LogP contribution >= 0.6 is 11.3 Å². The SMILES string of the molecule is COc1ccc(OC)c2sc(N(CCN3CCOCC3)C(=O)c3ccc(OC(C)C)cc3)nc12. The van der Waals surface area contributed by atoms with Crippen LogP contribution in [0.15, 0.2) is 36.4 Å². The fourth-order valence-corrected chi connectivity index (χ4v) is 4.94. The molecule has 0 aliphatic carbocycles. The molecule has 0 radical (unpaired) electrons. The summed E-state index contributed by atoms with van der Waals surface area (Å²) in [4.78, 5) is 22.5. The Morgan fingerprint density at radius 2 is 1.76 bits per heavy atom. The Balaban J connectivity index is 1.66. The number of hydrogen-bond acceptors (Lipinski definition) is 8. The molecule has 2 heterocycles. The molecular formula is C25H31N3O5S. The summed E-state index contributed by atoms with van der Waals surface area (Å²) in [6, 6.07) is 11.0. The lowest BCUT2D eigenvalue weighted by Crippen LogP contribution is -2.43. The first-order valence-corrected chi connectivity index (χ1v) is 12.2. The Morgan fingerprint density at radius 3 is 2.41 bits per heavy atom. The summed E-state index contributed by atoms with van der Waals surface area (Å²) in [5.74, 6) is 1.98. The van der Waals surface area contributed by atoms with E-state index in [1.54, 1.807) is 31.3 Å². The van der Waals surface area contributed by atoms with E-state index in [0.29, 0.717) is 47.5 Å². The summed E-state index contributed by atoms with van der Waals surface area (Å²) in [6.07, 6.45) is 0.0688. The number of carbonyl (C=O) groups is 1. The van der Waals surface area contributed by atoms with E-state index in [1.165, 1.54) is 11.3 Å². The van der Waals surface area contributed by atoms with E-state index < -0.39 is 0 Å². The van der Waals surface area contributed by atoms with E-state index in [4.69, 9.17) is 23.9 Å². The van der Waals surface area contributed by atoms with Gasteiger partial charge in [-0.3, -0.25) is 14.6 Å². The zero-order chi connectivity index (χ0) is 24.1. The summed E-state index contributed by atoms with van der Waals surface area (Å²) in [6.45, 7) is 8.31. The molecule has 8 nitrogen and oxygen atoms in total. The van der Waals surface area contributed by atoms with Crippen molar-refractivity contribution in [1.29, 1.82) is 0 Å². The average Bonchev–Trinajstić information content (AvgIpc) is 3.29. The van der Waals surface area contributed by atoms with Gasteiger partial charge in [0, 0.05) is 31.7 Å². The monoisotopic (exact) mass is 485 g/mol. The largest absolute Gasteiger partial charge is 0.495 e. The standard InChI is InChI=1S/C25H31N3O5S/c1-17(2)33-19-7-5-18(6-8-19)24(29)28(12-11-27-13-15-32-16-14-27)25-26-22-20(30-3)9-10-21(31-4)23(22)34-25/h5-10,17H,11-16H2,1-4H3. The topological polar surface area (TPSA) is 73.4 Å². The van der Waals surface area contributed by atoms with Gasteiger partial charge in [-0.2, -0.15) is 0 Å². The Kier molecular flexibility index (Phi) is 7.87. The van der Waals surface area contributed by atoms with Crippen LogP contribution in [0.1, 0.15) is 24.2 Å². The maximum Gasteiger partial charge on any atom is 0.260 e. The first kappa shape index (κ1) is 24.3. The van der Waals surface area contributed by atoms with Gasteiger partial charge in [0.05, 0.1) is 33.5 Å². The summed E-state index contributed by atoms with van der Waals surface area (Å²) in [5, 5.41) is 0.610. The molecule has 0 N–H and O–H groups in total. The van der Waals surface area contributed by atoms with Gasteiger partial charge in [-0.25, -0.2) is 4.98 Å². The first-order valence-electron chi connectivity index (χ1n) is 11.4. The minimum atomic E-state index is -0.110. The normalized spacial score (nSPS) is 14.4. The van der Waals surface area contributed by atoms with Crippen molar-refractivity contribution in [2.24, 2.45) is 0 Å². The van der Waals surface area contributed by atoms with Gasteiger partial charge < -0.3 is 18.9 Å². The number of nitrogens with zero attached hydrogens (tertiary/aromatic N) is 3. The zero-order valence-corrected chi connectivity index (χ0v) is 20.9. The molecule has 0 atom stereocenters. The van der Waals surface area contributed by atoms with Gasteiger partial charge in [-0.15, -0.1) is 0 Å². The third kappa shape index (κ3) is 5.43. The summed E-state index contributed by atoms with van der Waals surface area (Å²) >= 11 is 1.43. The molecule has 1 aliphatic heterocycles. The predicted octanol–water partition coefficient (Wildman–Crippen LogP) is 4.08. The number of ether oxygens (including phenoxy) is 4. The van der Waals surface area contributed by atoms with Crippen molar-refractivity contribution >= 4 is 32.6 Å². The molecule has 182 valence electrons. The minimum Gasteiger partial charge on any atom is -0.495 e. The fraction of sp³-hybridized carbons (Fsp3) is 0.440. The number of carbonyl (C=O) groups excluding carboxylic acids is 1. The van der Waals surface area contributed by atoms with Crippen molar-refractivity contribution in [2.75, 3.05) is 58.5 Å². The van der Waals surface area contributed by atoms with Gasteiger partial charge in [0.25, 0.3) is 5.91 Å². The molecule has 9 heteroatoms. The van der Waals surface area contributed by atoms with Crippen LogP contribution in [0.5, 0.6) is 17.2 Å². The summed E-state index contributed by atoms with van der Waals surface area (Å²) in [7, 11) is 3.24. The molecule has 0 spiro atoms. The Morgan fingerprint density at radius 1 is 1.09 bits per heavy atom. The number of fused-ring (bicyclic) bond motifs is 1. The van der Waals surface area contributed by atoms with Gasteiger partial charge in [0.1, 0.15) is 27.5 Å². The number of morpholine rings is 1. The van der Waals surface area contributed by atoms with Crippen molar-refractivity contribution in [3.8, 4) is 17.2 Å². The molecule has 4 rings (SSSR count). The van der Waals surface area contributed by atoms with E-state index in [9.17, 15) is 4.79 Å². The van der Waals surface area contributed by atoms with Gasteiger partial charge >= 0.3 is 0 Å². The van der Waals surface area contributed by atoms with Crippen LogP contribution in [0.3, 0.4) is 0 Å². The van der Waals surface area contributed by atoms with Crippen LogP contribution in [-0.2, 0) is 4.74 Å². The Hall–Kier alpha value is -2.88. The van der Waals surface area contributed by atoms with E-state index in [0.717, 1.165) is 30.1 Å². The highest BCUT2D eigenvalue weighted by Crippen LogP contribution is 2.40. The van der Waals surface area contributed by atoms with Crippen molar-refractivity contribution in [2.45, 2.75) is 20.0 Å². The maximum absolute atomic E-state index is 13.7. The molecule has 1 amide bonds. The number of hydrogen-bond donors (Lipinski definition) is 0. The van der Waals surface area contributed by atoms with Crippen molar-refractivity contribution < 1.29 is 23.7 Å². The number of thiazole rings is 1. The van der Waals surface area contributed by atoms with Crippen LogP contribution in [-0.4, -0.2) is 75.5 Å². The number of aromatic nitrogens is 1. The Labute approximate surface area is 204 Å². The maximum atomic E-state index is 13.7. The van der Waals surface area contributed by atoms with Gasteiger partial charge in [-0.1, -0.05) is 11.3 Å². The number of amides is 1. The molecule has 0 saturated carbocycles. The zero-order valence-electron chi connectivity index (χ0n) is 20.1. The lowest BCUT2D eigenvalue weighted by Gasteiger charge is -2.29. The molecule has 1 fully saturated rings. The summed E-state index contributed by atoms with van der Waals surface area (Å²) in [5.41, 5.74) is 1.27. The second-order valence-corrected chi connectivity index (χ2v) is 9.22. The van der Waals surface area contributed by atoms with E-state index in [1.807, 2.05) is 38.1 Å². The highest BCUT2D eigenvalue weighted by molar-refractivity contribution is 7.22. The lowest BCUT2D eigenvalue weighted by molar-refractivity contribution is 0.0391. The highest BCUT2D eigenvalue weighted by Gasteiger charge is 2.25. The molecule has 2 aromatic carbocycles. The number of anilines is 1. The molecule has 34 heavy (non-hydrogen) atoms. The average molecular weight is 486 g/mol. The quantitative estimate of drug-likeness (QED) is 0.452. The van der Waals surface area contributed by atoms with E-state index >= 15 is 0 Å². The number of rotatable bonds is 9. The van der Waals surface area contributed by atoms with Crippen molar-refractivity contribution in [1.82, 2.24) is 9.88 Å². The smallest absolute Gasteiger partial charge is 0.260 e. The van der Waals surface area contributed by atoms with Crippen LogP contribution < -0.4 is 19.1 Å². The van der Waals surface area contributed by atoms with Gasteiger partial charge in [0.2, 0.25) is 0 Å². The van der Waals surface area contributed by atoms with Gasteiger partial charge in [0.15, 0.2) is 5.13 Å². The third-order valence-corrected chi connectivity index (χ3v) is 6.68. The highest BCUT2D eigenvalue weighted by atomic mass is 32.1. The summed E-state index contributed by atoms with van der Waals surface area (Å²) < 4.78 is 23.1. The lowest BCUT2D eigenvalue weighted by atomic mass is 10.2. The molecule has 1 saturated heterocycles. The minimum absolute atomic E-state index is 0.0688. The van der Waals surface area contributed by atoms with Crippen LogP contribution in [0.25, 0.3) is 10.2 Å². The number of methoxy groups -OCH3 is 2. The fourth-order valence-electron chi connectivity index (χ4n) is 3.84. The van der Waals surface area contributed by atoms with E-state index in [-0.39, 0.29) is 12.0 Å². The molecule has 3 aromatic rings.